The third-order valence-electron chi connectivity index (χ3n) is 8.06. The van der Waals surface area contributed by atoms with Crippen LogP contribution in [0.5, 0.6) is 0 Å². The molecule has 0 spiro atoms. The molecule has 1 aliphatic heterocycles. The molecule has 0 saturated carbocycles. The summed E-state index contributed by atoms with van der Waals surface area (Å²) in [6.45, 7) is 10.3. The lowest BCUT2D eigenvalue weighted by Gasteiger charge is -2.31. The normalized spacial score (nSPS) is 13.2. The minimum atomic E-state index is -0.203. The van der Waals surface area contributed by atoms with Gasteiger partial charge in [0.15, 0.2) is 5.82 Å². The van der Waals surface area contributed by atoms with Gasteiger partial charge in [-0.15, -0.1) is 0 Å². The quantitative estimate of drug-likeness (QED) is 0.252. The molecule has 0 atom stereocenters. The number of hydrogen-bond donors (Lipinski definition) is 1. The number of anilines is 1. The summed E-state index contributed by atoms with van der Waals surface area (Å²) in [6, 6.07) is 26.5. The van der Waals surface area contributed by atoms with Gasteiger partial charge < -0.3 is 14.8 Å². The summed E-state index contributed by atoms with van der Waals surface area (Å²) in [7, 11) is 0. The third kappa shape index (κ3) is 5.19. The minimum Gasteiger partial charge on any atom is -0.350 e. The number of halogens is 1. The first kappa shape index (κ1) is 25.3. The van der Waals surface area contributed by atoms with Crippen LogP contribution in [-0.4, -0.2) is 16.1 Å². The van der Waals surface area contributed by atoms with E-state index in [1.54, 1.807) is 12.1 Å². The van der Waals surface area contributed by atoms with Gasteiger partial charge in [0.1, 0.15) is 5.82 Å². The zero-order valence-electron chi connectivity index (χ0n) is 23.0. The van der Waals surface area contributed by atoms with Crippen LogP contribution in [0.15, 0.2) is 78.9 Å². The zero-order valence-corrected chi connectivity index (χ0v) is 23.0. The standard InChI is InChI=1S/C34H35FN4/c1-23-11-13-26(14-12-23)19-36-20-31-18-32-24(2)25(3)39(21-27-7-6-10-30(35)17-27)33(32)34(37-31)38-16-15-28-8-4-5-9-29(28)22-38/h4-14,17-18,36H,15-16,19-22H2,1-3H3. The van der Waals surface area contributed by atoms with Crippen molar-refractivity contribution in [3.8, 4) is 0 Å². The second-order valence-electron chi connectivity index (χ2n) is 10.8. The topological polar surface area (TPSA) is 33.1 Å². The molecular weight excluding hydrogens is 483 g/mol. The highest BCUT2D eigenvalue weighted by atomic mass is 19.1. The van der Waals surface area contributed by atoms with Gasteiger partial charge in [-0.2, -0.15) is 0 Å². The van der Waals surface area contributed by atoms with Crippen molar-refractivity contribution in [3.05, 3.63) is 129 Å². The molecule has 198 valence electrons. The number of fused-ring (bicyclic) bond motifs is 2. The summed E-state index contributed by atoms with van der Waals surface area (Å²) in [5.41, 5.74) is 10.9. The Morgan fingerprint density at radius 2 is 1.64 bits per heavy atom. The highest BCUT2D eigenvalue weighted by molar-refractivity contribution is 5.94. The van der Waals surface area contributed by atoms with E-state index in [2.05, 4.69) is 90.2 Å². The molecule has 4 nitrogen and oxygen atoms in total. The average Bonchev–Trinajstić information content (AvgIpc) is 3.18. The first-order valence-corrected chi connectivity index (χ1v) is 13.8. The molecule has 0 amide bonds. The van der Waals surface area contributed by atoms with Gasteiger partial charge in [-0.25, -0.2) is 9.37 Å². The summed E-state index contributed by atoms with van der Waals surface area (Å²) in [5.74, 6) is 0.813. The van der Waals surface area contributed by atoms with Crippen molar-refractivity contribution in [2.24, 2.45) is 0 Å². The number of nitrogens with zero attached hydrogens (tertiary/aromatic N) is 3. The summed E-state index contributed by atoms with van der Waals surface area (Å²) in [4.78, 5) is 7.71. The Hall–Kier alpha value is -3.96. The zero-order chi connectivity index (χ0) is 26.9. The molecule has 1 aliphatic rings. The van der Waals surface area contributed by atoms with E-state index in [1.165, 1.54) is 45.0 Å². The van der Waals surface area contributed by atoms with Crippen LogP contribution in [0.1, 0.15) is 44.8 Å². The molecule has 0 saturated heterocycles. The van der Waals surface area contributed by atoms with Crippen LogP contribution >= 0.6 is 0 Å². The molecule has 6 rings (SSSR count). The average molecular weight is 519 g/mol. The van der Waals surface area contributed by atoms with Gasteiger partial charge in [-0.1, -0.05) is 66.2 Å². The Kier molecular flexibility index (Phi) is 6.92. The van der Waals surface area contributed by atoms with Crippen LogP contribution in [0, 0.1) is 26.6 Å². The third-order valence-corrected chi connectivity index (χ3v) is 8.06. The highest BCUT2D eigenvalue weighted by Crippen LogP contribution is 2.35. The lowest BCUT2D eigenvalue weighted by atomic mass is 10.00. The van der Waals surface area contributed by atoms with E-state index in [0.29, 0.717) is 13.1 Å². The molecule has 0 unspecified atom stereocenters. The van der Waals surface area contributed by atoms with Gasteiger partial charge in [-0.05, 0) is 73.2 Å². The molecule has 3 aromatic carbocycles. The van der Waals surface area contributed by atoms with Crippen LogP contribution in [0.3, 0.4) is 0 Å². The van der Waals surface area contributed by atoms with Crippen molar-refractivity contribution in [1.82, 2.24) is 14.9 Å². The van der Waals surface area contributed by atoms with E-state index in [4.69, 9.17) is 4.98 Å². The number of nitrogens with one attached hydrogen (secondary N) is 1. The number of benzene rings is 3. The first-order chi connectivity index (χ1) is 19.0. The Labute approximate surface area is 230 Å². The number of hydrogen-bond acceptors (Lipinski definition) is 3. The van der Waals surface area contributed by atoms with Crippen molar-refractivity contribution >= 4 is 16.7 Å². The van der Waals surface area contributed by atoms with Crippen molar-refractivity contribution in [2.45, 2.75) is 53.4 Å². The Morgan fingerprint density at radius 1 is 0.846 bits per heavy atom. The van der Waals surface area contributed by atoms with E-state index < -0.39 is 0 Å². The second kappa shape index (κ2) is 10.7. The fourth-order valence-corrected chi connectivity index (χ4v) is 5.74. The molecule has 39 heavy (non-hydrogen) atoms. The van der Waals surface area contributed by atoms with Crippen LogP contribution in [0.25, 0.3) is 10.9 Å². The number of pyridine rings is 1. The maximum atomic E-state index is 14.1. The number of aromatic nitrogens is 2. The largest absolute Gasteiger partial charge is 0.350 e. The van der Waals surface area contributed by atoms with E-state index >= 15 is 0 Å². The predicted octanol–water partition coefficient (Wildman–Crippen LogP) is 7.00. The van der Waals surface area contributed by atoms with Gasteiger partial charge in [0.05, 0.1) is 11.2 Å². The maximum absolute atomic E-state index is 14.1. The SMILES string of the molecule is Cc1ccc(CNCc2cc3c(C)c(C)n(Cc4cccc(F)c4)c3c(N3CCc4ccccc4C3)n2)cc1. The van der Waals surface area contributed by atoms with E-state index in [1.807, 2.05) is 6.07 Å². The molecule has 0 fully saturated rings. The van der Waals surface area contributed by atoms with Crippen LogP contribution in [-0.2, 0) is 32.6 Å². The molecule has 0 bridgehead atoms. The molecule has 2 aromatic heterocycles. The molecule has 3 heterocycles. The van der Waals surface area contributed by atoms with Gasteiger partial charge in [0.25, 0.3) is 0 Å². The molecular formula is C34H35FN4. The summed E-state index contributed by atoms with van der Waals surface area (Å²) in [5, 5.41) is 4.83. The lowest BCUT2D eigenvalue weighted by Crippen LogP contribution is -2.32. The summed E-state index contributed by atoms with van der Waals surface area (Å²) >= 11 is 0. The van der Waals surface area contributed by atoms with Gasteiger partial charge >= 0.3 is 0 Å². The van der Waals surface area contributed by atoms with E-state index in [0.717, 1.165) is 48.6 Å². The van der Waals surface area contributed by atoms with Crippen molar-refractivity contribution in [1.29, 1.82) is 0 Å². The van der Waals surface area contributed by atoms with Gasteiger partial charge in [0.2, 0.25) is 0 Å². The molecule has 1 N–H and O–H groups in total. The van der Waals surface area contributed by atoms with Crippen LogP contribution in [0.4, 0.5) is 10.2 Å². The first-order valence-electron chi connectivity index (χ1n) is 13.8. The lowest BCUT2D eigenvalue weighted by molar-refractivity contribution is 0.623. The van der Waals surface area contributed by atoms with Crippen LogP contribution < -0.4 is 10.2 Å². The van der Waals surface area contributed by atoms with E-state index in [-0.39, 0.29) is 5.82 Å². The smallest absolute Gasteiger partial charge is 0.153 e. The maximum Gasteiger partial charge on any atom is 0.153 e. The summed E-state index contributed by atoms with van der Waals surface area (Å²) < 4.78 is 16.4. The van der Waals surface area contributed by atoms with E-state index in [9.17, 15) is 4.39 Å². The predicted molar refractivity (Wildman–Crippen MR) is 158 cm³/mol. The monoisotopic (exact) mass is 518 g/mol. The minimum absolute atomic E-state index is 0.203. The van der Waals surface area contributed by atoms with Gasteiger partial charge in [-0.3, -0.25) is 0 Å². The Balaban J connectivity index is 1.40. The molecule has 5 heteroatoms. The molecule has 5 aromatic rings. The Bertz CT molecular complexity index is 1630. The number of rotatable bonds is 7. The van der Waals surface area contributed by atoms with Crippen LogP contribution in [0.2, 0.25) is 0 Å². The highest BCUT2D eigenvalue weighted by Gasteiger charge is 2.24. The second-order valence-corrected chi connectivity index (χ2v) is 10.8. The molecule has 0 aliphatic carbocycles. The van der Waals surface area contributed by atoms with Crippen molar-refractivity contribution < 1.29 is 4.39 Å². The molecule has 0 radical (unpaired) electrons. The van der Waals surface area contributed by atoms with Gasteiger partial charge in [0, 0.05) is 43.8 Å². The van der Waals surface area contributed by atoms with Crippen molar-refractivity contribution in [2.75, 3.05) is 11.4 Å². The fraction of sp³-hybridized carbons (Fsp3) is 0.265. The van der Waals surface area contributed by atoms with Crippen molar-refractivity contribution in [3.63, 3.8) is 0 Å². The Morgan fingerprint density at radius 3 is 2.44 bits per heavy atom. The summed E-state index contributed by atoms with van der Waals surface area (Å²) in [6.07, 6.45) is 0.998. The fourth-order valence-electron chi connectivity index (χ4n) is 5.74. The number of aryl methyl sites for hydroxylation is 2.